The fourth-order valence-electron chi connectivity index (χ4n) is 2.97. The molecule has 106 valence electrons. The van der Waals surface area contributed by atoms with E-state index in [-0.39, 0.29) is 0 Å². The van der Waals surface area contributed by atoms with Crippen molar-refractivity contribution in [2.45, 2.75) is 18.9 Å². The van der Waals surface area contributed by atoms with Gasteiger partial charge in [-0.25, -0.2) is 0 Å². The van der Waals surface area contributed by atoms with Gasteiger partial charge in [0.1, 0.15) is 0 Å². The normalized spacial score (nSPS) is 18.2. The number of nitrogens with zero attached hydrogens (tertiary/aromatic N) is 1. The predicted molar refractivity (Wildman–Crippen MR) is 86.4 cm³/mol. The van der Waals surface area contributed by atoms with Crippen LogP contribution in [0.1, 0.15) is 21.9 Å². The highest BCUT2D eigenvalue weighted by Gasteiger charge is 2.20. The third-order valence-electron chi connectivity index (χ3n) is 4.05. The Bertz CT molecular complexity index is 536. The van der Waals surface area contributed by atoms with E-state index in [2.05, 4.69) is 59.0 Å². The molecule has 1 aromatic heterocycles. The van der Waals surface area contributed by atoms with E-state index in [1.165, 1.54) is 16.0 Å². The van der Waals surface area contributed by atoms with Crippen molar-refractivity contribution in [2.24, 2.45) is 0 Å². The lowest BCUT2D eigenvalue weighted by Gasteiger charge is -2.30. The number of likely N-dealkylation sites (N-methyl/N-ethyl adjacent to an activating group) is 1. The van der Waals surface area contributed by atoms with Gasteiger partial charge in [0, 0.05) is 37.0 Å². The number of benzene rings is 1. The monoisotopic (exact) mass is 286 g/mol. The Labute approximate surface area is 125 Å². The van der Waals surface area contributed by atoms with Gasteiger partial charge in [-0.05, 0) is 36.0 Å². The van der Waals surface area contributed by atoms with Crippen molar-refractivity contribution in [3.05, 3.63) is 57.8 Å². The maximum atomic E-state index is 3.54. The molecule has 20 heavy (non-hydrogen) atoms. The molecule has 0 radical (unpaired) electrons. The molecule has 3 heteroatoms. The maximum Gasteiger partial charge on any atom is 0.0208 e. The van der Waals surface area contributed by atoms with Crippen LogP contribution in [0.15, 0.2) is 41.8 Å². The number of thiophene rings is 1. The Hall–Kier alpha value is -1.16. The Balaban J connectivity index is 1.58. The van der Waals surface area contributed by atoms with Gasteiger partial charge < -0.3 is 10.2 Å². The maximum absolute atomic E-state index is 3.54. The quantitative estimate of drug-likeness (QED) is 0.908. The van der Waals surface area contributed by atoms with Gasteiger partial charge in [-0.3, -0.25) is 0 Å². The minimum Gasteiger partial charge on any atom is -0.312 e. The van der Waals surface area contributed by atoms with Crippen molar-refractivity contribution in [1.82, 2.24) is 10.2 Å². The molecule has 1 aliphatic heterocycles. The molecule has 1 N–H and O–H groups in total. The summed E-state index contributed by atoms with van der Waals surface area (Å²) in [7, 11) is 2.24. The molecule has 1 aromatic carbocycles. The van der Waals surface area contributed by atoms with Gasteiger partial charge in [0.2, 0.25) is 0 Å². The number of rotatable bonds is 5. The van der Waals surface area contributed by atoms with E-state index in [1.54, 1.807) is 0 Å². The highest BCUT2D eigenvalue weighted by Crippen LogP contribution is 2.24. The van der Waals surface area contributed by atoms with Crippen LogP contribution in [-0.4, -0.2) is 31.6 Å². The Morgan fingerprint density at radius 1 is 1.25 bits per heavy atom. The highest BCUT2D eigenvalue weighted by molar-refractivity contribution is 7.09. The Morgan fingerprint density at radius 2 is 2.15 bits per heavy atom. The minimum absolute atomic E-state index is 0.619. The van der Waals surface area contributed by atoms with E-state index in [0.717, 1.165) is 32.6 Å². The van der Waals surface area contributed by atoms with Crippen molar-refractivity contribution in [2.75, 3.05) is 26.7 Å². The van der Waals surface area contributed by atoms with Crippen LogP contribution in [0.5, 0.6) is 0 Å². The summed E-state index contributed by atoms with van der Waals surface area (Å²) < 4.78 is 0. The van der Waals surface area contributed by atoms with Gasteiger partial charge in [0.25, 0.3) is 0 Å². The topological polar surface area (TPSA) is 15.3 Å². The van der Waals surface area contributed by atoms with E-state index in [4.69, 9.17) is 0 Å². The molecule has 2 aromatic rings. The molecule has 0 amide bonds. The first-order chi connectivity index (χ1) is 9.83. The molecule has 0 fully saturated rings. The standard InChI is InChI=1S/C17H22N2S/c1-19(9-8-16-6-4-10-20-16)13-15-12-18-11-14-5-2-3-7-17(14)15/h2-7,10,15,18H,8-9,11-13H2,1H3. The van der Waals surface area contributed by atoms with E-state index >= 15 is 0 Å². The third kappa shape index (κ3) is 3.29. The lowest BCUT2D eigenvalue weighted by molar-refractivity contribution is 0.304. The summed E-state index contributed by atoms with van der Waals surface area (Å²) in [5.41, 5.74) is 3.00. The zero-order chi connectivity index (χ0) is 13.8. The Kier molecular flexibility index (Phi) is 4.51. The van der Waals surface area contributed by atoms with Gasteiger partial charge in [-0.2, -0.15) is 0 Å². The molecule has 0 spiro atoms. The van der Waals surface area contributed by atoms with E-state index in [9.17, 15) is 0 Å². The van der Waals surface area contributed by atoms with Crippen LogP contribution in [0, 0.1) is 0 Å². The molecule has 1 aliphatic rings. The number of hydrogen-bond acceptors (Lipinski definition) is 3. The summed E-state index contributed by atoms with van der Waals surface area (Å²) in [6.45, 7) is 4.39. The van der Waals surface area contributed by atoms with Gasteiger partial charge in [0.05, 0.1) is 0 Å². The van der Waals surface area contributed by atoms with Crippen molar-refractivity contribution < 1.29 is 0 Å². The van der Waals surface area contributed by atoms with Gasteiger partial charge >= 0.3 is 0 Å². The van der Waals surface area contributed by atoms with Crippen LogP contribution < -0.4 is 5.32 Å². The van der Waals surface area contributed by atoms with E-state index < -0.39 is 0 Å². The van der Waals surface area contributed by atoms with Crippen LogP contribution in [0.4, 0.5) is 0 Å². The SMILES string of the molecule is CN(CCc1cccs1)CC1CNCc2ccccc21. The molecule has 1 atom stereocenters. The number of fused-ring (bicyclic) bond motifs is 1. The van der Waals surface area contributed by atoms with Crippen molar-refractivity contribution in [1.29, 1.82) is 0 Å². The molecular formula is C17H22N2S. The molecule has 0 bridgehead atoms. The van der Waals surface area contributed by atoms with Gasteiger partial charge in [0.15, 0.2) is 0 Å². The summed E-state index contributed by atoms with van der Waals surface area (Å²) in [4.78, 5) is 3.95. The van der Waals surface area contributed by atoms with Crippen molar-refractivity contribution in [3.8, 4) is 0 Å². The van der Waals surface area contributed by atoms with Crippen LogP contribution in [0.25, 0.3) is 0 Å². The largest absolute Gasteiger partial charge is 0.312 e. The number of nitrogens with one attached hydrogen (secondary N) is 1. The molecular weight excluding hydrogens is 264 g/mol. The first-order valence-corrected chi connectivity index (χ1v) is 8.20. The molecule has 0 saturated heterocycles. The molecule has 2 nitrogen and oxygen atoms in total. The third-order valence-corrected chi connectivity index (χ3v) is 4.99. The van der Waals surface area contributed by atoms with Gasteiger partial charge in [-0.15, -0.1) is 11.3 Å². The molecule has 0 saturated carbocycles. The molecule has 1 unspecified atom stereocenters. The van der Waals surface area contributed by atoms with Crippen LogP contribution in [0.2, 0.25) is 0 Å². The summed E-state index contributed by atoms with van der Waals surface area (Å²) in [6.07, 6.45) is 1.16. The highest BCUT2D eigenvalue weighted by atomic mass is 32.1. The Morgan fingerprint density at radius 3 is 3.00 bits per heavy atom. The fourth-order valence-corrected chi connectivity index (χ4v) is 3.67. The molecule has 2 heterocycles. The summed E-state index contributed by atoms with van der Waals surface area (Å²) in [5.74, 6) is 0.619. The van der Waals surface area contributed by atoms with Crippen LogP contribution in [0.3, 0.4) is 0 Å². The van der Waals surface area contributed by atoms with E-state index in [0.29, 0.717) is 5.92 Å². The average molecular weight is 286 g/mol. The average Bonchev–Trinajstić information content (AvgIpc) is 2.99. The fraction of sp³-hybridized carbons (Fsp3) is 0.412. The lowest BCUT2D eigenvalue weighted by Crippen LogP contribution is -2.35. The zero-order valence-electron chi connectivity index (χ0n) is 12.0. The lowest BCUT2D eigenvalue weighted by atomic mass is 9.90. The summed E-state index contributed by atoms with van der Waals surface area (Å²) in [5, 5.41) is 5.70. The second-order valence-electron chi connectivity index (χ2n) is 5.62. The second-order valence-corrected chi connectivity index (χ2v) is 6.65. The predicted octanol–water partition coefficient (Wildman–Crippen LogP) is 3.11. The smallest absolute Gasteiger partial charge is 0.0208 e. The minimum atomic E-state index is 0.619. The summed E-state index contributed by atoms with van der Waals surface area (Å²) in [6, 6.07) is 13.2. The zero-order valence-corrected chi connectivity index (χ0v) is 12.8. The van der Waals surface area contributed by atoms with Crippen LogP contribution in [-0.2, 0) is 13.0 Å². The summed E-state index contributed by atoms with van der Waals surface area (Å²) >= 11 is 1.86. The second kappa shape index (κ2) is 6.53. The van der Waals surface area contributed by atoms with Crippen molar-refractivity contribution in [3.63, 3.8) is 0 Å². The van der Waals surface area contributed by atoms with Crippen LogP contribution >= 0.6 is 11.3 Å². The molecule has 0 aliphatic carbocycles. The molecule has 3 rings (SSSR count). The van der Waals surface area contributed by atoms with Crippen molar-refractivity contribution >= 4 is 11.3 Å². The van der Waals surface area contributed by atoms with E-state index in [1.807, 2.05) is 11.3 Å². The first kappa shape index (κ1) is 13.8. The first-order valence-electron chi connectivity index (χ1n) is 7.32. The van der Waals surface area contributed by atoms with Gasteiger partial charge in [-0.1, -0.05) is 30.3 Å². The number of hydrogen-bond donors (Lipinski definition) is 1.